The Morgan fingerprint density at radius 2 is 2.00 bits per heavy atom. The summed E-state index contributed by atoms with van der Waals surface area (Å²) in [5.41, 5.74) is 0.814. The third-order valence-electron chi connectivity index (χ3n) is 3.47. The zero-order valence-corrected chi connectivity index (χ0v) is 14.0. The fourth-order valence-electron chi connectivity index (χ4n) is 2.52. The van der Waals surface area contributed by atoms with Crippen LogP contribution in [0.2, 0.25) is 0 Å². The van der Waals surface area contributed by atoms with Gasteiger partial charge in [-0.3, -0.25) is 10.1 Å². The molecule has 1 atom stereocenters. The summed E-state index contributed by atoms with van der Waals surface area (Å²) in [5.74, 6) is 0.776. The number of nitrogens with zero attached hydrogens (tertiary/aromatic N) is 1. The molecule has 0 N–H and O–H groups in total. The molecule has 0 radical (unpaired) electrons. The molecule has 0 aliphatic carbocycles. The second-order valence-corrected chi connectivity index (χ2v) is 7.86. The van der Waals surface area contributed by atoms with Crippen molar-refractivity contribution in [2.75, 3.05) is 24.7 Å². The van der Waals surface area contributed by atoms with Gasteiger partial charge in [0, 0.05) is 4.92 Å². The lowest BCUT2D eigenvalue weighted by Gasteiger charge is -2.38. The van der Waals surface area contributed by atoms with Crippen molar-refractivity contribution >= 4 is 29.5 Å². The maximum atomic E-state index is 12.6. The van der Waals surface area contributed by atoms with E-state index in [0.29, 0.717) is 0 Å². The Morgan fingerprint density at radius 3 is 2.55 bits per heavy atom. The van der Waals surface area contributed by atoms with Crippen LogP contribution in [0.3, 0.4) is 0 Å². The summed E-state index contributed by atoms with van der Waals surface area (Å²) in [7, 11) is 0. The van der Waals surface area contributed by atoms with Crippen molar-refractivity contribution in [2.24, 2.45) is 0 Å². The molecule has 5 nitrogen and oxygen atoms in total. The quantitative estimate of drug-likeness (QED) is 0.450. The van der Waals surface area contributed by atoms with Gasteiger partial charge in [0.05, 0.1) is 12.5 Å². The van der Waals surface area contributed by atoms with E-state index in [9.17, 15) is 14.9 Å². The van der Waals surface area contributed by atoms with E-state index in [-0.39, 0.29) is 24.0 Å². The molecule has 1 unspecified atom stereocenters. The molecular formula is C15H19NO4S2. The number of hydrogen-bond acceptors (Lipinski definition) is 6. The lowest BCUT2D eigenvalue weighted by molar-refractivity contribution is -0.483. The van der Waals surface area contributed by atoms with Crippen LogP contribution in [-0.2, 0) is 9.53 Å². The molecule has 1 aromatic carbocycles. The van der Waals surface area contributed by atoms with E-state index >= 15 is 0 Å². The highest BCUT2D eigenvalue weighted by atomic mass is 32.2. The van der Waals surface area contributed by atoms with E-state index in [1.165, 1.54) is 23.5 Å². The van der Waals surface area contributed by atoms with Crippen LogP contribution in [0.1, 0.15) is 24.8 Å². The van der Waals surface area contributed by atoms with Gasteiger partial charge in [0.1, 0.15) is 0 Å². The van der Waals surface area contributed by atoms with Crippen LogP contribution in [0, 0.1) is 10.1 Å². The molecule has 1 fully saturated rings. The van der Waals surface area contributed by atoms with E-state index in [1.54, 1.807) is 6.92 Å². The summed E-state index contributed by atoms with van der Waals surface area (Å²) in [4.78, 5) is 23.5. The molecule has 22 heavy (non-hydrogen) atoms. The van der Waals surface area contributed by atoms with Gasteiger partial charge in [-0.2, -0.15) is 0 Å². The topological polar surface area (TPSA) is 69.4 Å². The third-order valence-corrected chi connectivity index (χ3v) is 6.93. The Labute approximate surface area is 138 Å². The molecule has 2 rings (SSSR count). The number of thioether (sulfide) groups is 2. The van der Waals surface area contributed by atoms with Crippen LogP contribution in [0.15, 0.2) is 30.3 Å². The Kier molecular flexibility index (Phi) is 6.14. The van der Waals surface area contributed by atoms with Crippen molar-refractivity contribution in [1.82, 2.24) is 0 Å². The molecule has 0 amide bonds. The Bertz CT molecular complexity index is 518. The normalized spacial score (nSPS) is 18.4. The Balaban J connectivity index is 2.43. The second-order valence-electron chi connectivity index (χ2n) is 4.92. The van der Waals surface area contributed by atoms with Crippen molar-refractivity contribution in [3.8, 4) is 0 Å². The average molecular weight is 341 g/mol. The smallest absolute Gasteiger partial charge is 0.333 e. The minimum Gasteiger partial charge on any atom is -0.464 e. The van der Waals surface area contributed by atoms with Gasteiger partial charge in [-0.1, -0.05) is 30.3 Å². The maximum Gasteiger partial charge on any atom is 0.333 e. The lowest BCUT2D eigenvalue weighted by atomic mass is 9.94. The van der Waals surface area contributed by atoms with Crippen molar-refractivity contribution in [2.45, 2.75) is 23.3 Å². The van der Waals surface area contributed by atoms with E-state index in [4.69, 9.17) is 4.74 Å². The van der Waals surface area contributed by atoms with Gasteiger partial charge in [0.2, 0.25) is 6.54 Å². The zero-order valence-electron chi connectivity index (χ0n) is 12.4. The van der Waals surface area contributed by atoms with Crippen molar-refractivity contribution in [3.05, 3.63) is 46.0 Å². The summed E-state index contributed by atoms with van der Waals surface area (Å²) in [6, 6.07) is 9.26. The van der Waals surface area contributed by atoms with Gasteiger partial charge in [-0.15, -0.1) is 23.5 Å². The summed E-state index contributed by atoms with van der Waals surface area (Å²) >= 11 is 2.98. The molecule has 7 heteroatoms. The molecule has 1 heterocycles. The van der Waals surface area contributed by atoms with Gasteiger partial charge in [0.25, 0.3) is 0 Å². The number of hydrogen-bond donors (Lipinski definition) is 0. The number of carbonyl (C=O) groups is 1. The molecule has 0 bridgehead atoms. The predicted molar refractivity (Wildman–Crippen MR) is 89.9 cm³/mol. The number of carbonyl (C=O) groups excluding carboxylic acids is 1. The van der Waals surface area contributed by atoms with Crippen molar-refractivity contribution < 1.29 is 14.5 Å². The first-order chi connectivity index (χ1) is 10.6. The fourth-order valence-corrected chi connectivity index (χ4v) is 5.90. The second kappa shape index (κ2) is 7.87. The highest BCUT2D eigenvalue weighted by Crippen LogP contribution is 2.52. The van der Waals surface area contributed by atoms with Crippen LogP contribution in [-0.4, -0.2) is 39.6 Å². The zero-order chi connectivity index (χ0) is 16.0. The highest BCUT2D eigenvalue weighted by molar-refractivity contribution is 8.20. The molecule has 120 valence electrons. The number of benzene rings is 1. The highest BCUT2D eigenvalue weighted by Gasteiger charge is 2.52. The molecular weight excluding hydrogens is 322 g/mol. The van der Waals surface area contributed by atoms with E-state index in [1.807, 2.05) is 30.3 Å². The number of rotatable bonds is 6. The van der Waals surface area contributed by atoms with Gasteiger partial charge >= 0.3 is 5.97 Å². The molecule has 1 aliphatic heterocycles. The van der Waals surface area contributed by atoms with E-state index in [0.717, 1.165) is 23.5 Å². The summed E-state index contributed by atoms with van der Waals surface area (Å²) in [6.45, 7) is 1.76. The fraction of sp³-hybridized carbons (Fsp3) is 0.533. The van der Waals surface area contributed by atoms with Gasteiger partial charge in [0.15, 0.2) is 4.08 Å². The van der Waals surface area contributed by atoms with E-state index in [2.05, 4.69) is 0 Å². The van der Waals surface area contributed by atoms with Gasteiger partial charge < -0.3 is 4.74 Å². The summed E-state index contributed by atoms with van der Waals surface area (Å²) < 4.78 is 4.34. The first-order valence-corrected chi connectivity index (χ1v) is 9.19. The van der Waals surface area contributed by atoms with Gasteiger partial charge in [-0.25, -0.2) is 4.79 Å². The van der Waals surface area contributed by atoms with Crippen LogP contribution >= 0.6 is 23.5 Å². The van der Waals surface area contributed by atoms with Crippen molar-refractivity contribution in [3.63, 3.8) is 0 Å². The van der Waals surface area contributed by atoms with Crippen molar-refractivity contribution in [1.29, 1.82) is 0 Å². The maximum absolute atomic E-state index is 12.6. The van der Waals surface area contributed by atoms with Gasteiger partial charge in [-0.05, 0) is 30.4 Å². The lowest BCUT2D eigenvalue weighted by Crippen LogP contribution is -2.44. The molecule has 1 aromatic rings. The van der Waals surface area contributed by atoms with Crippen LogP contribution in [0.4, 0.5) is 0 Å². The standard InChI is InChI=1S/C15H19NO4S2/c1-2-20-14(17)15(21-9-6-10-22-15)13(11-16(18)19)12-7-4-3-5-8-12/h3-5,7-8,13H,2,6,9-11H2,1H3. The number of ether oxygens (including phenoxy) is 1. The molecule has 0 spiro atoms. The van der Waals surface area contributed by atoms with Crippen LogP contribution in [0.5, 0.6) is 0 Å². The summed E-state index contributed by atoms with van der Waals surface area (Å²) in [5, 5.41) is 11.2. The molecule has 0 aromatic heterocycles. The average Bonchev–Trinajstić information content (AvgIpc) is 2.54. The SMILES string of the molecule is CCOC(=O)C1(C(C[N+](=O)[O-])c2ccccc2)SCCCS1. The minimum absolute atomic E-state index is 0.275. The first-order valence-electron chi connectivity index (χ1n) is 7.22. The summed E-state index contributed by atoms with van der Waals surface area (Å²) in [6.07, 6.45) is 0.996. The van der Waals surface area contributed by atoms with Crippen LogP contribution in [0.25, 0.3) is 0 Å². The minimum atomic E-state index is -0.928. The molecule has 1 saturated heterocycles. The third kappa shape index (κ3) is 3.76. The monoisotopic (exact) mass is 341 g/mol. The predicted octanol–water partition coefficient (Wildman–Crippen LogP) is 3.18. The van der Waals surface area contributed by atoms with Crippen LogP contribution < -0.4 is 0 Å². The largest absolute Gasteiger partial charge is 0.464 e. The Hall–Kier alpha value is -1.21. The number of esters is 1. The molecule has 1 aliphatic rings. The first kappa shape index (κ1) is 17.1. The number of nitro groups is 1. The van der Waals surface area contributed by atoms with E-state index < -0.39 is 10.00 Å². The molecule has 0 saturated carbocycles. The Morgan fingerprint density at radius 1 is 1.36 bits per heavy atom.